The van der Waals surface area contributed by atoms with Gasteiger partial charge >= 0.3 is 5.63 Å². The Kier molecular flexibility index (Phi) is 2.65. The zero-order chi connectivity index (χ0) is 10.1. The Bertz CT molecular complexity index is 533. The number of benzene rings is 1. The van der Waals surface area contributed by atoms with E-state index in [2.05, 4.69) is 15.9 Å². The largest absolute Gasteiger partial charge is 0.430 e. The second-order valence-electron chi connectivity index (χ2n) is 2.78. The summed E-state index contributed by atoms with van der Waals surface area (Å²) in [5.74, 6) is 0. The van der Waals surface area contributed by atoms with Crippen LogP contribution in [0.25, 0.3) is 10.8 Å². The van der Waals surface area contributed by atoms with E-state index in [9.17, 15) is 4.79 Å². The molecule has 72 valence electrons. The topological polar surface area (TPSA) is 30.2 Å². The van der Waals surface area contributed by atoms with Crippen LogP contribution >= 0.6 is 27.7 Å². The van der Waals surface area contributed by atoms with Crippen LogP contribution in [0.4, 0.5) is 0 Å². The maximum atomic E-state index is 11.4. The molecule has 2 nitrogen and oxygen atoms in total. The van der Waals surface area contributed by atoms with Crippen molar-refractivity contribution in [1.82, 2.24) is 0 Å². The summed E-state index contributed by atoms with van der Waals surface area (Å²) in [6.45, 7) is 0. The summed E-state index contributed by atoms with van der Waals surface area (Å²) < 4.78 is 5.80. The van der Waals surface area contributed by atoms with Gasteiger partial charge in [-0.15, -0.1) is 11.8 Å². The van der Waals surface area contributed by atoms with Gasteiger partial charge in [0.25, 0.3) is 0 Å². The first kappa shape index (κ1) is 9.80. The molecule has 0 amide bonds. The van der Waals surface area contributed by atoms with Crippen LogP contribution in [0.15, 0.2) is 43.0 Å². The molecule has 1 aromatic carbocycles. The molecule has 0 fully saturated rings. The third-order valence-electron chi connectivity index (χ3n) is 1.96. The lowest BCUT2D eigenvalue weighted by molar-refractivity contribution is 0.509. The Morgan fingerprint density at radius 1 is 1.36 bits per heavy atom. The summed E-state index contributed by atoms with van der Waals surface area (Å²) in [6, 6.07) is 5.62. The standard InChI is InChI=1S/C10H7BrO2S/c1-14-9-5-13-10(12)8-4-6(11)2-3-7(8)9/h2-5H,1H3. The van der Waals surface area contributed by atoms with Crippen molar-refractivity contribution in [3.63, 3.8) is 0 Å². The second-order valence-corrected chi connectivity index (χ2v) is 4.55. The quantitative estimate of drug-likeness (QED) is 0.745. The number of hydrogen-bond acceptors (Lipinski definition) is 3. The summed E-state index contributed by atoms with van der Waals surface area (Å²) >= 11 is 4.89. The summed E-state index contributed by atoms with van der Waals surface area (Å²) in [6.07, 6.45) is 3.46. The third-order valence-corrected chi connectivity index (χ3v) is 3.21. The zero-order valence-electron chi connectivity index (χ0n) is 7.41. The highest BCUT2D eigenvalue weighted by Crippen LogP contribution is 2.25. The Labute approximate surface area is 93.4 Å². The summed E-state index contributed by atoms with van der Waals surface area (Å²) in [4.78, 5) is 12.4. The minimum Gasteiger partial charge on any atom is -0.430 e. The first-order valence-electron chi connectivity index (χ1n) is 3.97. The van der Waals surface area contributed by atoms with Crippen LogP contribution < -0.4 is 5.63 Å². The van der Waals surface area contributed by atoms with E-state index >= 15 is 0 Å². The fourth-order valence-electron chi connectivity index (χ4n) is 1.29. The number of fused-ring (bicyclic) bond motifs is 1. The maximum absolute atomic E-state index is 11.4. The van der Waals surface area contributed by atoms with Crippen LogP contribution in [0.1, 0.15) is 0 Å². The highest BCUT2D eigenvalue weighted by atomic mass is 79.9. The minimum atomic E-state index is -0.292. The smallest absolute Gasteiger partial charge is 0.343 e. The van der Waals surface area contributed by atoms with Gasteiger partial charge in [-0.05, 0) is 18.4 Å². The Balaban J connectivity index is 2.91. The second kappa shape index (κ2) is 3.79. The van der Waals surface area contributed by atoms with Crippen LogP contribution in [0.3, 0.4) is 0 Å². The molecule has 0 N–H and O–H groups in total. The highest BCUT2D eigenvalue weighted by Gasteiger charge is 2.05. The van der Waals surface area contributed by atoms with Gasteiger partial charge in [0, 0.05) is 9.86 Å². The molecule has 0 spiro atoms. The van der Waals surface area contributed by atoms with Gasteiger partial charge in [-0.3, -0.25) is 0 Å². The van der Waals surface area contributed by atoms with Gasteiger partial charge in [-0.2, -0.15) is 0 Å². The minimum absolute atomic E-state index is 0.292. The molecule has 0 aliphatic carbocycles. The van der Waals surface area contributed by atoms with Crippen LogP contribution in [-0.2, 0) is 0 Å². The molecule has 1 heterocycles. The zero-order valence-corrected chi connectivity index (χ0v) is 9.81. The van der Waals surface area contributed by atoms with E-state index in [4.69, 9.17) is 4.42 Å². The van der Waals surface area contributed by atoms with Crippen molar-refractivity contribution in [2.45, 2.75) is 4.90 Å². The van der Waals surface area contributed by atoms with Crippen molar-refractivity contribution < 1.29 is 4.42 Å². The molecule has 2 rings (SSSR count). The molecular weight excluding hydrogens is 264 g/mol. The molecule has 4 heteroatoms. The fraction of sp³-hybridized carbons (Fsp3) is 0.100. The monoisotopic (exact) mass is 270 g/mol. The first-order chi connectivity index (χ1) is 6.72. The van der Waals surface area contributed by atoms with E-state index in [0.29, 0.717) is 5.39 Å². The average Bonchev–Trinajstić information content (AvgIpc) is 2.19. The molecule has 2 aromatic rings. The van der Waals surface area contributed by atoms with Crippen LogP contribution in [0, 0.1) is 0 Å². The summed E-state index contributed by atoms with van der Waals surface area (Å²) in [7, 11) is 0. The van der Waals surface area contributed by atoms with E-state index in [0.717, 1.165) is 14.8 Å². The molecule has 14 heavy (non-hydrogen) atoms. The van der Waals surface area contributed by atoms with E-state index in [-0.39, 0.29) is 5.63 Å². The molecule has 0 aliphatic rings. The van der Waals surface area contributed by atoms with Gasteiger partial charge in [0.1, 0.15) is 6.26 Å². The maximum Gasteiger partial charge on any atom is 0.343 e. The fourth-order valence-corrected chi connectivity index (χ4v) is 2.20. The molecule has 0 unspecified atom stereocenters. The SMILES string of the molecule is CSc1coc(=O)c2cc(Br)ccc12. The van der Waals surface area contributed by atoms with Gasteiger partial charge in [0.2, 0.25) is 0 Å². The van der Waals surface area contributed by atoms with Gasteiger partial charge < -0.3 is 4.42 Å². The van der Waals surface area contributed by atoms with Crippen molar-refractivity contribution in [2.24, 2.45) is 0 Å². The van der Waals surface area contributed by atoms with E-state index in [1.807, 2.05) is 18.4 Å². The third kappa shape index (κ3) is 1.60. The Morgan fingerprint density at radius 2 is 2.14 bits per heavy atom. The highest BCUT2D eigenvalue weighted by molar-refractivity contribution is 9.10. The molecule has 0 bridgehead atoms. The van der Waals surface area contributed by atoms with Gasteiger partial charge in [-0.1, -0.05) is 22.0 Å². The Morgan fingerprint density at radius 3 is 2.86 bits per heavy atom. The molecule has 0 saturated carbocycles. The first-order valence-corrected chi connectivity index (χ1v) is 5.99. The van der Waals surface area contributed by atoms with E-state index in [1.54, 1.807) is 17.8 Å². The van der Waals surface area contributed by atoms with Crippen LogP contribution in [-0.4, -0.2) is 6.26 Å². The lowest BCUT2D eigenvalue weighted by Gasteiger charge is -2.01. The number of halogens is 1. The molecule has 0 saturated heterocycles. The number of rotatable bonds is 1. The van der Waals surface area contributed by atoms with Gasteiger partial charge in [0.15, 0.2) is 0 Å². The lowest BCUT2D eigenvalue weighted by Crippen LogP contribution is -1.98. The van der Waals surface area contributed by atoms with Crippen LogP contribution in [0.5, 0.6) is 0 Å². The average molecular weight is 271 g/mol. The van der Waals surface area contributed by atoms with E-state index in [1.165, 1.54) is 6.26 Å². The number of hydrogen-bond donors (Lipinski definition) is 0. The summed E-state index contributed by atoms with van der Waals surface area (Å²) in [5.41, 5.74) is -0.292. The summed E-state index contributed by atoms with van der Waals surface area (Å²) in [5, 5.41) is 1.56. The normalized spacial score (nSPS) is 10.7. The van der Waals surface area contributed by atoms with Gasteiger partial charge in [-0.25, -0.2) is 4.79 Å². The van der Waals surface area contributed by atoms with Gasteiger partial charge in [0.05, 0.1) is 10.3 Å². The van der Waals surface area contributed by atoms with Crippen molar-refractivity contribution >= 4 is 38.5 Å². The van der Waals surface area contributed by atoms with Crippen molar-refractivity contribution in [3.05, 3.63) is 39.4 Å². The molecule has 0 radical (unpaired) electrons. The predicted octanol–water partition coefficient (Wildman–Crippen LogP) is 3.28. The Hall–Kier alpha value is -0.740. The molecule has 1 aromatic heterocycles. The van der Waals surface area contributed by atoms with Crippen molar-refractivity contribution in [2.75, 3.05) is 6.26 Å². The predicted molar refractivity (Wildman–Crippen MR) is 62.0 cm³/mol. The molecule has 0 atom stereocenters. The van der Waals surface area contributed by atoms with Crippen molar-refractivity contribution in [1.29, 1.82) is 0 Å². The lowest BCUT2D eigenvalue weighted by atomic mass is 10.2. The number of thioether (sulfide) groups is 1. The van der Waals surface area contributed by atoms with Crippen LogP contribution in [0.2, 0.25) is 0 Å². The molecule has 0 aliphatic heterocycles. The van der Waals surface area contributed by atoms with E-state index < -0.39 is 0 Å². The van der Waals surface area contributed by atoms with Crippen molar-refractivity contribution in [3.8, 4) is 0 Å². The molecular formula is C10H7BrO2S.